The van der Waals surface area contributed by atoms with Gasteiger partial charge in [0, 0.05) is 12.1 Å². The molecule has 2 heteroatoms. The normalized spacial score (nSPS) is 35.1. The van der Waals surface area contributed by atoms with Crippen LogP contribution in [0.15, 0.2) is 24.3 Å². The van der Waals surface area contributed by atoms with Crippen molar-refractivity contribution in [3.8, 4) is 0 Å². The van der Waals surface area contributed by atoms with Crippen molar-refractivity contribution < 1.29 is 4.39 Å². The molecule has 0 radical (unpaired) electrons. The average molecular weight is 289 g/mol. The Bertz CT molecular complexity index is 519. The molecule has 21 heavy (non-hydrogen) atoms. The van der Waals surface area contributed by atoms with Crippen LogP contribution in [0.5, 0.6) is 0 Å². The molecule has 1 aromatic rings. The predicted octanol–water partition coefficient (Wildman–Crippen LogP) is 4.56. The van der Waals surface area contributed by atoms with E-state index in [9.17, 15) is 4.39 Å². The van der Waals surface area contributed by atoms with Crippen molar-refractivity contribution in [2.75, 3.05) is 0 Å². The van der Waals surface area contributed by atoms with Crippen LogP contribution in [0.1, 0.15) is 52.5 Å². The lowest BCUT2D eigenvalue weighted by atomic mass is 9.68. The molecule has 2 saturated carbocycles. The monoisotopic (exact) mass is 289 g/mol. The third kappa shape index (κ3) is 2.63. The number of hydrogen-bond acceptors (Lipinski definition) is 1. The summed E-state index contributed by atoms with van der Waals surface area (Å²) < 4.78 is 13.3. The summed E-state index contributed by atoms with van der Waals surface area (Å²) in [6, 6.07) is 7.96. The van der Waals surface area contributed by atoms with Gasteiger partial charge in [-0.25, -0.2) is 4.39 Å². The first kappa shape index (κ1) is 15.0. The first-order valence-electron chi connectivity index (χ1n) is 8.32. The Hall–Kier alpha value is -0.890. The van der Waals surface area contributed by atoms with E-state index in [0.717, 1.165) is 17.9 Å². The highest BCUT2D eigenvalue weighted by Gasteiger charge is 2.59. The Labute approximate surface area is 128 Å². The molecule has 0 spiro atoms. The highest BCUT2D eigenvalue weighted by atomic mass is 19.1. The maximum Gasteiger partial charge on any atom is 0.123 e. The van der Waals surface area contributed by atoms with Gasteiger partial charge in [-0.05, 0) is 67.1 Å². The van der Waals surface area contributed by atoms with Gasteiger partial charge >= 0.3 is 0 Å². The number of hydrogen-bond donors (Lipinski definition) is 1. The summed E-state index contributed by atoms with van der Waals surface area (Å²) in [4.78, 5) is 0. The fourth-order valence-electron chi connectivity index (χ4n) is 5.08. The van der Waals surface area contributed by atoms with Gasteiger partial charge in [0.15, 0.2) is 0 Å². The van der Waals surface area contributed by atoms with Crippen LogP contribution in [0, 0.1) is 22.6 Å². The smallest absolute Gasteiger partial charge is 0.123 e. The van der Waals surface area contributed by atoms with E-state index in [1.165, 1.54) is 25.3 Å². The molecule has 1 N–H and O–H groups in total. The van der Waals surface area contributed by atoms with Crippen LogP contribution in [0.25, 0.3) is 0 Å². The number of nitrogens with one attached hydrogen (secondary N) is 1. The van der Waals surface area contributed by atoms with Gasteiger partial charge in [0.05, 0.1) is 0 Å². The molecule has 4 atom stereocenters. The Morgan fingerprint density at radius 2 is 2.10 bits per heavy atom. The standard InChI is InChI=1S/C19H28FN/c1-13(10-14-6-5-7-16(20)11-14)21-17-18(2,3)15-8-9-19(17,4)12-15/h5-7,11,13,15,17,21H,8-10,12H2,1-4H3. The first-order chi connectivity index (χ1) is 9.81. The summed E-state index contributed by atoms with van der Waals surface area (Å²) in [6.45, 7) is 9.54. The molecule has 1 nitrogen and oxygen atoms in total. The van der Waals surface area contributed by atoms with Crippen LogP contribution >= 0.6 is 0 Å². The zero-order chi connectivity index (χ0) is 15.3. The van der Waals surface area contributed by atoms with E-state index in [1.54, 1.807) is 12.1 Å². The minimum absolute atomic E-state index is 0.132. The van der Waals surface area contributed by atoms with E-state index in [2.05, 4.69) is 33.0 Å². The summed E-state index contributed by atoms with van der Waals surface area (Å²) in [7, 11) is 0. The van der Waals surface area contributed by atoms with Crippen LogP contribution in [-0.4, -0.2) is 12.1 Å². The summed E-state index contributed by atoms with van der Waals surface area (Å²) in [5, 5.41) is 3.89. The summed E-state index contributed by atoms with van der Waals surface area (Å²) in [5.41, 5.74) is 1.91. The van der Waals surface area contributed by atoms with E-state index >= 15 is 0 Å². The Kier molecular flexibility index (Phi) is 3.64. The van der Waals surface area contributed by atoms with Gasteiger partial charge in [0.25, 0.3) is 0 Å². The predicted molar refractivity (Wildman–Crippen MR) is 85.7 cm³/mol. The molecule has 3 rings (SSSR count). The van der Waals surface area contributed by atoms with Gasteiger partial charge in [-0.2, -0.15) is 0 Å². The Balaban J connectivity index is 1.69. The Morgan fingerprint density at radius 3 is 2.71 bits per heavy atom. The zero-order valence-corrected chi connectivity index (χ0v) is 13.7. The lowest BCUT2D eigenvalue weighted by Crippen LogP contribution is -2.53. The largest absolute Gasteiger partial charge is 0.310 e. The van der Waals surface area contributed by atoms with E-state index in [1.807, 2.05) is 6.07 Å². The maximum atomic E-state index is 13.3. The maximum absolute atomic E-state index is 13.3. The molecule has 0 aromatic heterocycles. The average Bonchev–Trinajstić information content (AvgIpc) is 2.86. The molecule has 1 aromatic carbocycles. The van der Waals surface area contributed by atoms with Crippen molar-refractivity contribution in [1.29, 1.82) is 0 Å². The SMILES string of the molecule is CC(Cc1cccc(F)c1)NC1C2(C)CCC(C2)C1(C)C. The molecular weight excluding hydrogens is 261 g/mol. The van der Waals surface area contributed by atoms with Crippen molar-refractivity contribution >= 4 is 0 Å². The van der Waals surface area contributed by atoms with E-state index < -0.39 is 0 Å². The highest BCUT2D eigenvalue weighted by molar-refractivity contribution is 5.18. The summed E-state index contributed by atoms with van der Waals surface area (Å²) >= 11 is 0. The number of fused-ring (bicyclic) bond motifs is 2. The molecule has 0 aliphatic heterocycles. The van der Waals surface area contributed by atoms with Crippen LogP contribution < -0.4 is 5.32 Å². The number of halogens is 1. The van der Waals surface area contributed by atoms with Crippen molar-refractivity contribution in [2.24, 2.45) is 16.7 Å². The summed E-state index contributed by atoms with van der Waals surface area (Å²) in [5.74, 6) is 0.730. The molecule has 2 fully saturated rings. The second kappa shape index (κ2) is 5.08. The minimum atomic E-state index is -0.132. The van der Waals surface area contributed by atoms with Crippen LogP contribution in [0.2, 0.25) is 0 Å². The topological polar surface area (TPSA) is 12.0 Å². The van der Waals surface area contributed by atoms with Crippen molar-refractivity contribution in [1.82, 2.24) is 5.32 Å². The molecular formula is C19H28FN. The van der Waals surface area contributed by atoms with Gasteiger partial charge in [-0.3, -0.25) is 0 Å². The minimum Gasteiger partial charge on any atom is -0.310 e. The van der Waals surface area contributed by atoms with E-state index in [-0.39, 0.29) is 5.82 Å². The van der Waals surface area contributed by atoms with Crippen LogP contribution in [0.3, 0.4) is 0 Å². The van der Waals surface area contributed by atoms with Gasteiger partial charge in [-0.1, -0.05) is 32.9 Å². The molecule has 116 valence electrons. The zero-order valence-electron chi connectivity index (χ0n) is 13.7. The van der Waals surface area contributed by atoms with Crippen LogP contribution in [-0.2, 0) is 6.42 Å². The summed E-state index contributed by atoms with van der Waals surface area (Å²) in [6.07, 6.45) is 5.00. The van der Waals surface area contributed by atoms with E-state index in [0.29, 0.717) is 22.9 Å². The molecule has 2 bridgehead atoms. The Morgan fingerprint density at radius 1 is 1.33 bits per heavy atom. The molecule has 0 heterocycles. The quantitative estimate of drug-likeness (QED) is 0.856. The molecule has 2 aliphatic carbocycles. The molecule has 2 aliphatic rings. The lowest BCUT2D eigenvalue weighted by Gasteiger charge is -2.44. The second-order valence-corrected chi connectivity index (χ2v) is 8.25. The van der Waals surface area contributed by atoms with Gasteiger partial charge < -0.3 is 5.32 Å². The fraction of sp³-hybridized carbons (Fsp3) is 0.684. The van der Waals surface area contributed by atoms with Crippen molar-refractivity contribution in [2.45, 2.75) is 65.5 Å². The first-order valence-corrected chi connectivity index (χ1v) is 8.32. The van der Waals surface area contributed by atoms with Crippen molar-refractivity contribution in [3.05, 3.63) is 35.6 Å². The van der Waals surface area contributed by atoms with Crippen molar-refractivity contribution in [3.63, 3.8) is 0 Å². The molecule has 0 amide bonds. The molecule has 0 saturated heterocycles. The fourth-order valence-corrected chi connectivity index (χ4v) is 5.08. The third-order valence-corrected chi connectivity index (χ3v) is 6.15. The van der Waals surface area contributed by atoms with Gasteiger partial charge in [0.2, 0.25) is 0 Å². The van der Waals surface area contributed by atoms with Gasteiger partial charge in [-0.15, -0.1) is 0 Å². The third-order valence-electron chi connectivity index (χ3n) is 6.15. The number of rotatable bonds is 4. The van der Waals surface area contributed by atoms with Gasteiger partial charge in [0.1, 0.15) is 5.82 Å². The van der Waals surface area contributed by atoms with Crippen LogP contribution in [0.4, 0.5) is 4.39 Å². The molecule has 4 unspecified atom stereocenters. The number of benzene rings is 1. The highest BCUT2D eigenvalue weighted by Crippen LogP contribution is 2.62. The second-order valence-electron chi connectivity index (χ2n) is 8.25. The van der Waals surface area contributed by atoms with E-state index in [4.69, 9.17) is 0 Å². The lowest BCUT2D eigenvalue weighted by molar-refractivity contribution is 0.100.